The van der Waals surface area contributed by atoms with E-state index in [2.05, 4.69) is 15.9 Å². The van der Waals surface area contributed by atoms with E-state index < -0.39 is 10.0 Å². The number of aldehydes is 1. The molecule has 1 heterocycles. The molecular weight excluding hydrogens is 318 g/mol. The van der Waals surface area contributed by atoms with Crippen molar-refractivity contribution in [1.82, 2.24) is 3.97 Å². The molecule has 0 saturated carbocycles. The van der Waals surface area contributed by atoms with Gasteiger partial charge in [-0.05, 0) is 41.1 Å². The number of hydrogen-bond donors (Lipinski definition) is 0. The zero-order valence-electron chi connectivity index (χ0n) is 9.50. The first kappa shape index (κ1) is 13.0. The molecule has 0 spiro atoms. The van der Waals surface area contributed by atoms with E-state index in [-0.39, 0.29) is 10.6 Å². The first-order chi connectivity index (χ1) is 8.46. The lowest BCUT2D eigenvalue weighted by Crippen LogP contribution is -2.14. The number of aryl methyl sites for hydroxylation is 1. The third-order valence-corrected chi connectivity index (χ3v) is 4.90. The largest absolute Gasteiger partial charge is 0.296 e. The molecule has 0 saturated heterocycles. The summed E-state index contributed by atoms with van der Waals surface area (Å²) in [7, 11) is -3.72. The van der Waals surface area contributed by atoms with E-state index in [0.717, 1.165) is 9.54 Å². The minimum absolute atomic E-state index is 0.0792. The van der Waals surface area contributed by atoms with Crippen molar-refractivity contribution in [2.45, 2.75) is 11.8 Å². The monoisotopic (exact) mass is 327 g/mol. The Morgan fingerprint density at radius 3 is 2.33 bits per heavy atom. The Balaban J connectivity index is 2.61. The van der Waals surface area contributed by atoms with E-state index in [1.54, 1.807) is 12.1 Å². The summed E-state index contributed by atoms with van der Waals surface area (Å²) < 4.78 is 26.1. The Morgan fingerprint density at radius 2 is 1.78 bits per heavy atom. The standard InChI is InChI=1S/C12H10BrNO3S/c1-9-2-4-10(5-3-9)18(16,17)14-7-6-11(13)12(14)8-15/h2-8H,1H3. The lowest BCUT2D eigenvalue weighted by molar-refractivity contribution is 0.111. The number of benzene rings is 1. The van der Waals surface area contributed by atoms with Gasteiger partial charge in [-0.3, -0.25) is 4.79 Å². The lowest BCUT2D eigenvalue weighted by atomic mass is 10.2. The average molecular weight is 328 g/mol. The molecule has 0 atom stereocenters. The van der Waals surface area contributed by atoms with Gasteiger partial charge in [0, 0.05) is 10.7 Å². The fourth-order valence-electron chi connectivity index (χ4n) is 1.55. The fraction of sp³-hybridized carbons (Fsp3) is 0.0833. The van der Waals surface area contributed by atoms with Crippen molar-refractivity contribution in [3.8, 4) is 0 Å². The van der Waals surface area contributed by atoms with Gasteiger partial charge in [0.05, 0.1) is 4.90 Å². The van der Waals surface area contributed by atoms with Gasteiger partial charge in [0.15, 0.2) is 6.29 Å². The third-order valence-electron chi connectivity index (χ3n) is 2.53. The maximum Gasteiger partial charge on any atom is 0.268 e. The summed E-state index contributed by atoms with van der Waals surface area (Å²) >= 11 is 3.14. The van der Waals surface area contributed by atoms with Crippen LogP contribution < -0.4 is 0 Å². The first-order valence-electron chi connectivity index (χ1n) is 5.11. The van der Waals surface area contributed by atoms with Crippen molar-refractivity contribution < 1.29 is 13.2 Å². The summed E-state index contributed by atoms with van der Waals surface area (Å²) in [5.41, 5.74) is 1.05. The van der Waals surface area contributed by atoms with E-state index in [1.165, 1.54) is 24.4 Å². The Bertz CT molecular complexity index is 687. The Labute approximate surface area is 113 Å². The highest BCUT2D eigenvalue weighted by atomic mass is 79.9. The van der Waals surface area contributed by atoms with E-state index in [0.29, 0.717) is 10.8 Å². The smallest absolute Gasteiger partial charge is 0.268 e. The minimum atomic E-state index is -3.72. The molecule has 0 fully saturated rings. The summed E-state index contributed by atoms with van der Waals surface area (Å²) in [6.45, 7) is 1.87. The molecule has 2 rings (SSSR count). The third kappa shape index (κ3) is 2.13. The quantitative estimate of drug-likeness (QED) is 0.814. The van der Waals surface area contributed by atoms with E-state index in [4.69, 9.17) is 0 Å². The van der Waals surface area contributed by atoms with Gasteiger partial charge in [-0.15, -0.1) is 0 Å². The Morgan fingerprint density at radius 1 is 1.17 bits per heavy atom. The summed E-state index contributed by atoms with van der Waals surface area (Å²) in [6.07, 6.45) is 1.86. The van der Waals surface area contributed by atoms with Crippen LogP contribution in [0.1, 0.15) is 16.1 Å². The van der Waals surface area contributed by atoms with E-state index >= 15 is 0 Å². The molecule has 0 N–H and O–H groups in total. The summed E-state index contributed by atoms with van der Waals surface area (Å²) in [6, 6.07) is 7.99. The van der Waals surface area contributed by atoms with Gasteiger partial charge in [0.1, 0.15) is 5.69 Å². The average Bonchev–Trinajstić information content (AvgIpc) is 2.71. The maximum absolute atomic E-state index is 12.3. The number of halogens is 1. The molecule has 0 bridgehead atoms. The zero-order chi connectivity index (χ0) is 13.3. The highest BCUT2D eigenvalue weighted by Crippen LogP contribution is 2.22. The molecule has 0 radical (unpaired) electrons. The number of rotatable bonds is 3. The van der Waals surface area contributed by atoms with Crippen LogP contribution in [0, 0.1) is 6.92 Å². The predicted octanol–water partition coefficient (Wildman–Crippen LogP) is 2.61. The van der Waals surface area contributed by atoms with E-state index in [1.807, 2.05) is 6.92 Å². The number of nitrogens with zero attached hydrogens (tertiary/aromatic N) is 1. The molecule has 0 aliphatic heterocycles. The second-order valence-electron chi connectivity index (χ2n) is 3.78. The van der Waals surface area contributed by atoms with Gasteiger partial charge in [-0.2, -0.15) is 0 Å². The van der Waals surface area contributed by atoms with Crippen LogP contribution in [0.25, 0.3) is 0 Å². The molecule has 6 heteroatoms. The molecule has 0 aliphatic rings. The molecule has 1 aromatic carbocycles. The molecule has 18 heavy (non-hydrogen) atoms. The van der Waals surface area contributed by atoms with Gasteiger partial charge >= 0.3 is 0 Å². The first-order valence-corrected chi connectivity index (χ1v) is 7.34. The van der Waals surface area contributed by atoms with Crippen LogP contribution in [0.3, 0.4) is 0 Å². The second kappa shape index (κ2) is 4.70. The molecule has 0 aliphatic carbocycles. The summed E-state index contributed by atoms with van der Waals surface area (Å²) in [4.78, 5) is 11.1. The highest BCUT2D eigenvalue weighted by molar-refractivity contribution is 9.10. The molecule has 4 nitrogen and oxygen atoms in total. The molecular formula is C12H10BrNO3S. The van der Waals surface area contributed by atoms with Crippen LogP contribution >= 0.6 is 15.9 Å². The van der Waals surface area contributed by atoms with Crippen LogP contribution in [-0.4, -0.2) is 18.7 Å². The number of carbonyl (C=O) groups excluding carboxylic acids is 1. The van der Waals surface area contributed by atoms with Crippen molar-refractivity contribution in [3.05, 3.63) is 52.3 Å². The topological polar surface area (TPSA) is 56.1 Å². The fourth-order valence-corrected chi connectivity index (χ4v) is 3.39. The minimum Gasteiger partial charge on any atom is -0.296 e. The predicted molar refractivity (Wildman–Crippen MR) is 71.3 cm³/mol. The van der Waals surface area contributed by atoms with Gasteiger partial charge in [0.25, 0.3) is 10.0 Å². The number of aromatic nitrogens is 1. The number of hydrogen-bond acceptors (Lipinski definition) is 3. The van der Waals surface area contributed by atoms with Gasteiger partial charge in [-0.25, -0.2) is 12.4 Å². The Kier molecular flexibility index (Phi) is 3.41. The zero-order valence-corrected chi connectivity index (χ0v) is 11.9. The van der Waals surface area contributed by atoms with Crippen molar-refractivity contribution in [2.75, 3.05) is 0 Å². The molecule has 0 amide bonds. The maximum atomic E-state index is 12.3. The van der Waals surface area contributed by atoms with Gasteiger partial charge in [-0.1, -0.05) is 17.7 Å². The van der Waals surface area contributed by atoms with Crippen LogP contribution in [0.4, 0.5) is 0 Å². The lowest BCUT2D eigenvalue weighted by Gasteiger charge is -2.07. The van der Waals surface area contributed by atoms with Crippen molar-refractivity contribution >= 4 is 32.2 Å². The second-order valence-corrected chi connectivity index (χ2v) is 6.45. The van der Waals surface area contributed by atoms with Crippen LogP contribution in [-0.2, 0) is 10.0 Å². The highest BCUT2D eigenvalue weighted by Gasteiger charge is 2.20. The van der Waals surface area contributed by atoms with Crippen LogP contribution in [0.2, 0.25) is 0 Å². The molecule has 94 valence electrons. The molecule has 0 unspecified atom stereocenters. The summed E-state index contributed by atoms with van der Waals surface area (Å²) in [5, 5.41) is 0. The van der Waals surface area contributed by atoms with Crippen molar-refractivity contribution in [2.24, 2.45) is 0 Å². The molecule has 2 aromatic rings. The van der Waals surface area contributed by atoms with Gasteiger partial charge < -0.3 is 0 Å². The van der Waals surface area contributed by atoms with E-state index in [9.17, 15) is 13.2 Å². The normalized spacial score (nSPS) is 11.4. The summed E-state index contributed by atoms with van der Waals surface area (Å²) in [5.74, 6) is 0. The Hall–Kier alpha value is -1.40. The van der Waals surface area contributed by atoms with Crippen molar-refractivity contribution in [3.63, 3.8) is 0 Å². The molecule has 1 aromatic heterocycles. The van der Waals surface area contributed by atoms with Crippen LogP contribution in [0.5, 0.6) is 0 Å². The van der Waals surface area contributed by atoms with Gasteiger partial charge in [0.2, 0.25) is 0 Å². The van der Waals surface area contributed by atoms with Crippen LogP contribution in [0.15, 0.2) is 45.9 Å². The van der Waals surface area contributed by atoms with Crippen molar-refractivity contribution in [1.29, 1.82) is 0 Å². The SMILES string of the molecule is Cc1ccc(S(=O)(=O)n2ccc(Br)c2C=O)cc1. The number of carbonyl (C=O) groups is 1.